The fourth-order valence-corrected chi connectivity index (χ4v) is 11.5. The minimum absolute atomic E-state index is 0.112. The minimum Gasteiger partial charge on any atom is -0.457 e. The summed E-state index contributed by atoms with van der Waals surface area (Å²) >= 11 is 1.91. The highest BCUT2D eigenvalue weighted by Gasteiger charge is 2.54. The summed E-state index contributed by atoms with van der Waals surface area (Å²) in [4.78, 5) is 12.3. The molecule has 7 aromatic carbocycles. The number of hydrogen-bond acceptors (Lipinski definition) is 5. The predicted molar refractivity (Wildman–Crippen MR) is 247 cm³/mol. The second-order valence-corrected chi connectivity index (χ2v) is 18.4. The van der Waals surface area contributed by atoms with Gasteiger partial charge in [0.2, 0.25) is 0 Å². The van der Waals surface area contributed by atoms with Crippen LogP contribution in [0, 0.1) is 0 Å². The minimum atomic E-state index is -0.603. The molecule has 12 rings (SSSR count). The first-order valence-electron chi connectivity index (χ1n) is 20.7. The van der Waals surface area contributed by atoms with Crippen LogP contribution in [-0.2, 0) is 10.8 Å². The van der Waals surface area contributed by atoms with Crippen LogP contribution >= 0.6 is 11.8 Å². The maximum absolute atomic E-state index is 6.96. The Morgan fingerprint density at radius 3 is 2.23 bits per heavy atom. The summed E-state index contributed by atoms with van der Waals surface area (Å²) in [7, 11) is 2.21. The van der Waals surface area contributed by atoms with Gasteiger partial charge in [-0.2, -0.15) is 0 Å². The van der Waals surface area contributed by atoms with Crippen LogP contribution in [0.1, 0.15) is 48.6 Å². The molecule has 0 aliphatic carbocycles. The molecule has 1 unspecified atom stereocenters. The highest BCUT2D eigenvalue weighted by molar-refractivity contribution is 7.99. The number of rotatable bonds is 4. The lowest BCUT2D eigenvalue weighted by Gasteiger charge is -2.49. The van der Waals surface area contributed by atoms with E-state index in [2.05, 4.69) is 194 Å². The normalized spacial score (nSPS) is 16.2. The molecule has 1 atom stereocenters. The van der Waals surface area contributed by atoms with Crippen LogP contribution in [0.5, 0.6) is 11.5 Å². The van der Waals surface area contributed by atoms with Crippen molar-refractivity contribution in [1.29, 1.82) is 0 Å². The predicted octanol–water partition coefficient (Wildman–Crippen LogP) is 13.6. The van der Waals surface area contributed by atoms with E-state index in [1.165, 1.54) is 65.5 Å². The Hall–Kier alpha value is -6.76. The summed E-state index contributed by atoms with van der Waals surface area (Å²) in [6, 6.07) is 59.7. The fraction of sp³-hybridized carbons (Fsp3) is 0.130. The van der Waals surface area contributed by atoms with Gasteiger partial charge < -0.3 is 14.5 Å². The van der Waals surface area contributed by atoms with E-state index in [0.717, 1.165) is 46.1 Å². The maximum Gasteiger partial charge on any atom is 0.137 e. The average Bonchev–Trinajstić information content (AvgIpc) is 3.79. The molecule has 1 spiro atoms. The Morgan fingerprint density at radius 1 is 0.600 bits per heavy atom. The zero-order valence-electron chi connectivity index (χ0n) is 34.0. The molecular weight excluding hydrogens is 753 g/mol. The number of aromatic nitrogens is 2. The molecule has 0 radical (unpaired) electrons. The van der Waals surface area contributed by atoms with Gasteiger partial charge in [-0.05, 0) is 105 Å². The van der Waals surface area contributed by atoms with E-state index in [9.17, 15) is 0 Å². The van der Waals surface area contributed by atoms with Crippen molar-refractivity contribution in [3.8, 4) is 28.4 Å². The molecular formula is C54H42N4OS. The van der Waals surface area contributed by atoms with Gasteiger partial charge in [-0.25, -0.2) is 4.98 Å². The van der Waals surface area contributed by atoms with Gasteiger partial charge in [0.25, 0.3) is 0 Å². The molecule has 0 fully saturated rings. The van der Waals surface area contributed by atoms with Crippen molar-refractivity contribution in [2.45, 2.75) is 41.4 Å². The van der Waals surface area contributed by atoms with Crippen molar-refractivity contribution >= 4 is 50.6 Å². The maximum atomic E-state index is 6.96. The molecule has 2 aromatic heterocycles. The highest BCUT2D eigenvalue weighted by atomic mass is 32.2. The zero-order chi connectivity index (χ0) is 40.3. The van der Waals surface area contributed by atoms with Crippen LogP contribution in [-0.4, -0.2) is 23.3 Å². The van der Waals surface area contributed by atoms with Crippen molar-refractivity contribution in [2.75, 3.05) is 23.5 Å². The van der Waals surface area contributed by atoms with Crippen LogP contribution in [0.25, 0.3) is 38.8 Å². The summed E-state index contributed by atoms with van der Waals surface area (Å²) in [5.74, 6) is 2.45. The number of nitrogens with zero attached hydrogens (tertiary/aromatic N) is 4. The highest BCUT2D eigenvalue weighted by Crippen LogP contribution is 2.66. The first-order chi connectivity index (χ1) is 29.3. The van der Waals surface area contributed by atoms with E-state index < -0.39 is 5.41 Å². The van der Waals surface area contributed by atoms with Crippen LogP contribution in [0.4, 0.5) is 17.1 Å². The molecule has 5 nitrogen and oxygen atoms in total. The van der Waals surface area contributed by atoms with Gasteiger partial charge in [0.05, 0.1) is 40.2 Å². The average molecular weight is 795 g/mol. The molecule has 0 N–H and O–H groups in total. The molecule has 60 heavy (non-hydrogen) atoms. The standard InChI is InChI=1S/C54H42N4OS/c1-53(2,3)41-17-13-21-49-51(41)54(43-30-35(23-28-48(43)60-49)34-14-6-5-7-15-34)40-27-25-37(32-47(40)57-33-56(4)45-20-12-18-42(54)52(45)57)59-36-24-26-39-38-16-8-9-19-44(38)58(46(39)31-36)50-22-10-11-29-55-50/h5-32H,33H2,1-4H3. The van der Waals surface area contributed by atoms with Gasteiger partial charge >= 0.3 is 0 Å². The molecule has 3 aliphatic rings. The van der Waals surface area contributed by atoms with Gasteiger partial charge in [0, 0.05) is 45.9 Å². The molecule has 9 aromatic rings. The summed E-state index contributed by atoms with van der Waals surface area (Å²) < 4.78 is 9.19. The Balaban J connectivity index is 1.10. The van der Waals surface area contributed by atoms with E-state index in [1.807, 2.05) is 30.1 Å². The zero-order valence-corrected chi connectivity index (χ0v) is 34.8. The first kappa shape index (κ1) is 35.2. The van der Waals surface area contributed by atoms with Crippen LogP contribution in [0.2, 0.25) is 0 Å². The topological polar surface area (TPSA) is 33.5 Å². The van der Waals surface area contributed by atoms with E-state index >= 15 is 0 Å². The summed E-state index contributed by atoms with van der Waals surface area (Å²) in [5.41, 5.74) is 14.2. The van der Waals surface area contributed by atoms with Crippen LogP contribution in [0.3, 0.4) is 0 Å². The number of ether oxygens (including phenoxy) is 1. The number of pyridine rings is 1. The van der Waals surface area contributed by atoms with E-state index in [1.54, 1.807) is 0 Å². The van der Waals surface area contributed by atoms with Crippen molar-refractivity contribution in [1.82, 2.24) is 9.55 Å². The Kier molecular flexibility index (Phi) is 7.55. The molecule has 0 saturated heterocycles. The summed E-state index contributed by atoms with van der Waals surface area (Å²) in [6.07, 6.45) is 1.85. The van der Waals surface area contributed by atoms with Crippen molar-refractivity contribution in [3.63, 3.8) is 0 Å². The second kappa shape index (κ2) is 12.9. The Labute approximate surface area is 354 Å². The van der Waals surface area contributed by atoms with E-state index in [-0.39, 0.29) is 5.41 Å². The lowest BCUT2D eigenvalue weighted by Crippen LogP contribution is -2.42. The smallest absolute Gasteiger partial charge is 0.137 e. The van der Waals surface area contributed by atoms with Crippen LogP contribution < -0.4 is 14.5 Å². The molecule has 5 heterocycles. The van der Waals surface area contributed by atoms with Gasteiger partial charge in [-0.15, -0.1) is 0 Å². The third-order valence-corrected chi connectivity index (χ3v) is 13.9. The van der Waals surface area contributed by atoms with Crippen molar-refractivity contribution in [2.24, 2.45) is 0 Å². The molecule has 290 valence electrons. The first-order valence-corrected chi connectivity index (χ1v) is 21.5. The van der Waals surface area contributed by atoms with E-state index in [4.69, 9.17) is 9.72 Å². The Bertz CT molecular complexity index is 3200. The van der Waals surface area contributed by atoms with E-state index in [0.29, 0.717) is 0 Å². The lowest BCUT2D eigenvalue weighted by molar-refractivity contribution is 0.482. The number of anilines is 3. The number of benzene rings is 7. The SMILES string of the molecule is CN1CN2c3cc(Oc4ccc5c6ccccc6n(-c6ccccn6)c5c4)ccc3C3(c4cc(-c5ccccc5)ccc4Sc4cccc(C(C)(C)C)c43)c3cccc1c32. The third kappa shape index (κ3) is 4.97. The molecule has 3 aliphatic heterocycles. The largest absolute Gasteiger partial charge is 0.457 e. The third-order valence-electron chi connectivity index (χ3n) is 12.8. The lowest BCUT2D eigenvalue weighted by atomic mass is 9.59. The quantitative estimate of drug-likeness (QED) is 0.177. The van der Waals surface area contributed by atoms with Crippen molar-refractivity contribution in [3.05, 3.63) is 198 Å². The summed E-state index contributed by atoms with van der Waals surface area (Å²) in [6.45, 7) is 7.82. The van der Waals surface area contributed by atoms with Gasteiger partial charge in [0.15, 0.2) is 0 Å². The molecule has 0 bridgehead atoms. The number of fused-ring (bicyclic) bond motifs is 11. The molecule has 0 saturated carbocycles. The second-order valence-electron chi connectivity index (χ2n) is 17.3. The van der Waals surface area contributed by atoms with Gasteiger partial charge in [-0.3, -0.25) is 4.57 Å². The Morgan fingerprint density at radius 2 is 1.38 bits per heavy atom. The molecule has 6 heteroatoms. The van der Waals surface area contributed by atoms with Gasteiger partial charge in [-0.1, -0.05) is 124 Å². The number of para-hydroxylation sites is 2. The fourth-order valence-electron chi connectivity index (χ4n) is 10.3. The van der Waals surface area contributed by atoms with Gasteiger partial charge in [0.1, 0.15) is 17.3 Å². The monoisotopic (exact) mass is 794 g/mol. The molecule has 0 amide bonds. The van der Waals surface area contributed by atoms with Crippen molar-refractivity contribution < 1.29 is 4.74 Å². The summed E-state index contributed by atoms with van der Waals surface area (Å²) in [5, 5.41) is 2.35. The van der Waals surface area contributed by atoms with Crippen LogP contribution in [0.15, 0.2) is 180 Å². The number of hydrogen-bond donors (Lipinski definition) is 0.